The van der Waals surface area contributed by atoms with Gasteiger partial charge in [-0.3, -0.25) is 5.41 Å². The lowest BCUT2D eigenvalue weighted by atomic mass is 10.1. The van der Waals surface area contributed by atoms with Gasteiger partial charge in [-0.2, -0.15) is 0 Å². The Hall–Kier alpha value is -1.56. The third-order valence-electron chi connectivity index (χ3n) is 1.87. The zero-order valence-electron chi connectivity index (χ0n) is 8.34. The van der Waals surface area contributed by atoms with Crippen molar-refractivity contribution in [2.24, 2.45) is 5.73 Å². The van der Waals surface area contributed by atoms with E-state index in [9.17, 15) is 13.2 Å². The third kappa shape index (κ3) is 3.23. The quantitative estimate of drug-likeness (QED) is 0.601. The van der Waals surface area contributed by atoms with Crippen LogP contribution >= 0.6 is 0 Å². The van der Waals surface area contributed by atoms with Crippen LogP contribution in [0.3, 0.4) is 0 Å². The number of halogens is 3. The van der Waals surface area contributed by atoms with Gasteiger partial charge in [0.2, 0.25) is 0 Å². The maximum absolute atomic E-state index is 13.6. The summed E-state index contributed by atoms with van der Waals surface area (Å²) in [6, 6.07) is 4.22. The van der Waals surface area contributed by atoms with Crippen LogP contribution in [0.25, 0.3) is 0 Å². The first-order valence-electron chi connectivity index (χ1n) is 4.50. The number of ether oxygens (including phenoxy) is 1. The van der Waals surface area contributed by atoms with Gasteiger partial charge in [0.25, 0.3) is 6.43 Å². The second kappa shape index (κ2) is 5.50. The summed E-state index contributed by atoms with van der Waals surface area (Å²) >= 11 is 0. The Kier molecular flexibility index (Phi) is 4.30. The number of amidine groups is 1. The third-order valence-corrected chi connectivity index (χ3v) is 1.87. The topological polar surface area (TPSA) is 59.1 Å². The Labute approximate surface area is 90.5 Å². The van der Waals surface area contributed by atoms with Crippen LogP contribution in [-0.2, 0) is 11.3 Å². The van der Waals surface area contributed by atoms with Crippen LogP contribution in [0.5, 0.6) is 0 Å². The fourth-order valence-corrected chi connectivity index (χ4v) is 1.16. The molecule has 0 unspecified atom stereocenters. The molecule has 0 amide bonds. The second-order valence-corrected chi connectivity index (χ2v) is 3.10. The van der Waals surface area contributed by atoms with Crippen LogP contribution in [-0.4, -0.2) is 18.9 Å². The molecule has 0 aliphatic rings. The summed E-state index contributed by atoms with van der Waals surface area (Å²) in [6.07, 6.45) is -2.58. The first-order valence-corrected chi connectivity index (χ1v) is 4.50. The van der Waals surface area contributed by atoms with E-state index >= 15 is 0 Å². The number of alkyl halides is 2. The summed E-state index contributed by atoms with van der Waals surface area (Å²) in [5.74, 6) is -1.11. The smallest absolute Gasteiger partial charge is 0.261 e. The molecule has 0 radical (unpaired) electrons. The minimum atomic E-state index is -2.58. The summed E-state index contributed by atoms with van der Waals surface area (Å²) in [6.45, 7) is -1.01. The number of nitrogens with two attached hydrogens (primary N) is 1. The van der Waals surface area contributed by atoms with Crippen LogP contribution in [0.1, 0.15) is 11.1 Å². The molecule has 88 valence electrons. The lowest BCUT2D eigenvalue weighted by Crippen LogP contribution is -2.15. The van der Waals surface area contributed by atoms with Crippen molar-refractivity contribution in [2.45, 2.75) is 13.0 Å². The number of nitrogens with one attached hydrogen (secondary N) is 1. The summed E-state index contributed by atoms with van der Waals surface area (Å²) in [4.78, 5) is 0. The van der Waals surface area contributed by atoms with E-state index in [0.29, 0.717) is 0 Å². The molecule has 3 nitrogen and oxygen atoms in total. The fraction of sp³-hybridized carbons (Fsp3) is 0.300. The zero-order valence-corrected chi connectivity index (χ0v) is 8.34. The Morgan fingerprint density at radius 3 is 2.69 bits per heavy atom. The van der Waals surface area contributed by atoms with Gasteiger partial charge in [-0.15, -0.1) is 0 Å². The van der Waals surface area contributed by atoms with E-state index in [0.717, 1.165) is 0 Å². The molecule has 0 aliphatic carbocycles. The predicted molar refractivity (Wildman–Crippen MR) is 53.1 cm³/mol. The van der Waals surface area contributed by atoms with Gasteiger partial charge < -0.3 is 10.5 Å². The first kappa shape index (κ1) is 12.5. The Morgan fingerprint density at radius 1 is 1.44 bits per heavy atom. The highest BCUT2D eigenvalue weighted by atomic mass is 19.3. The average Bonchev–Trinajstić information content (AvgIpc) is 2.19. The number of nitrogen functional groups attached to an aromatic ring is 1. The molecule has 16 heavy (non-hydrogen) atoms. The van der Waals surface area contributed by atoms with E-state index in [4.69, 9.17) is 11.1 Å². The highest BCUT2D eigenvalue weighted by Crippen LogP contribution is 2.13. The molecular formula is C10H11F3N2O. The van der Waals surface area contributed by atoms with Crippen LogP contribution < -0.4 is 5.73 Å². The van der Waals surface area contributed by atoms with E-state index in [1.807, 2.05) is 0 Å². The molecule has 0 heterocycles. The molecular weight excluding hydrogens is 221 g/mol. The summed E-state index contributed by atoms with van der Waals surface area (Å²) in [7, 11) is 0. The Balaban J connectivity index is 2.73. The van der Waals surface area contributed by atoms with Gasteiger partial charge >= 0.3 is 0 Å². The fourth-order valence-electron chi connectivity index (χ4n) is 1.16. The van der Waals surface area contributed by atoms with Gasteiger partial charge in [-0.1, -0.05) is 12.1 Å². The van der Waals surface area contributed by atoms with Crippen molar-refractivity contribution < 1.29 is 17.9 Å². The van der Waals surface area contributed by atoms with E-state index in [1.54, 1.807) is 0 Å². The van der Waals surface area contributed by atoms with Crippen LogP contribution in [0.15, 0.2) is 18.2 Å². The van der Waals surface area contributed by atoms with Gasteiger partial charge in [0.05, 0.1) is 12.2 Å². The minimum absolute atomic E-state index is 0.0573. The lowest BCUT2D eigenvalue weighted by Gasteiger charge is -2.07. The van der Waals surface area contributed by atoms with Gasteiger partial charge in [0.15, 0.2) is 0 Å². The van der Waals surface area contributed by atoms with Crippen molar-refractivity contribution in [3.05, 3.63) is 35.1 Å². The molecule has 0 saturated heterocycles. The molecule has 0 saturated carbocycles. The number of benzene rings is 1. The van der Waals surface area contributed by atoms with Crippen LogP contribution in [0, 0.1) is 11.2 Å². The number of hydrogen-bond acceptors (Lipinski definition) is 2. The maximum atomic E-state index is 13.6. The molecule has 0 bridgehead atoms. The van der Waals surface area contributed by atoms with Crippen molar-refractivity contribution in [1.29, 1.82) is 5.41 Å². The summed E-state index contributed by atoms with van der Waals surface area (Å²) in [5, 5.41) is 7.10. The standard InChI is InChI=1S/C10H11F3N2O/c11-8(12)5-16-4-6-2-1-3-7(9(6)13)10(14)15/h1-3,8H,4-5H2,(H3,14,15). The molecule has 1 aromatic rings. The van der Waals surface area contributed by atoms with Gasteiger partial charge in [0.1, 0.15) is 18.3 Å². The molecule has 0 atom stereocenters. The zero-order chi connectivity index (χ0) is 12.1. The Morgan fingerprint density at radius 2 is 2.12 bits per heavy atom. The predicted octanol–water partition coefficient (Wildman–Crippen LogP) is 1.89. The van der Waals surface area contributed by atoms with Crippen molar-refractivity contribution in [3.63, 3.8) is 0 Å². The molecule has 0 aromatic heterocycles. The van der Waals surface area contributed by atoms with E-state index in [2.05, 4.69) is 4.74 Å². The monoisotopic (exact) mass is 232 g/mol. The highest BCUT2D eigenvalue weighted by molar-refractivity contribution is 5.95. The minimum Gasteiger partial charge on any atom is -0.384 e. The molecule has 0 spiro atoms. The molecule has 1 rings (SSSR count). The van der Waals surface area contributed by atoms with E-state index in [1.165, 1.54) is 18.2 Å². The molecule has 1 aromatic carbocycles. The number of rotatable bonds is 5. The van der Waals surface area contributed by atoms with Crippen LogP contribution in [0.2, 0.25) is 0 Å². The second-order valence-electron chi connectivity index (χ2n) is 3.10. The van der Waals surface area contributed by atoms with Crippen molar-refractivity contribution in [1.82, 2.24) is 0 Å². The van der Waals surface area contributed by atoms with Crippen LogP contribution in [0.4, 0.5) is 13.2 Å². The van der Waals surface area contributed by atoms with Crippen molar-refractivity contribution in [3.8, 4) is 0 Å². The van der Waals surface area contributed by atoms with E-state index < -0.39 is 24.7 Å². The lowest BCUT2D eigenvalue weighted by molar-refractivity contribution is 0.00901. The van der Waals surface area contributed by atoms with Crippen molar-refractivity contribution >= 4 is 5.84 Å². The largest absolute Gasteiger partial charge is 0.384 e. The summed E-state index contributed by atoms with van der Waals surface area (Å²) < 4.78 is 41.7. The van der Waals surface area contributed by atoms with Crippen molar-refractivity contribution in [2.75, 3.05) is 6.61 Å². The average molecular weight is 232 g/mol. The summed E-state index contributed by atoms with van der Waals surface area (Å²) in [5.41, 5.74) is 5.19. The molecule has 0 fully saturated rings. The normalized spacial score (nSPS) is 10.8. The van der Waals surface area contributed by atoms with Gasteiger partial charge in [0, 0.05) is 5.56 Å². The number of hydrogen-bond donors (Lipinski definition) is 2. The molecule has 0 aliphatic heterocycles. The SMILES string of the molecule is N=C(N)c1cccc(COCC(F)F)c1F. The highest BCUT2D eigenvalue weighted by Gasteiger charge is 2.11. The Bertz CT molecular complexity index is 382. The van der Waals surface area contributed by atoms with E-state index in [-0.39, 0.29) is 17.7 Å². The van der Waals surface area contributed by atoms with Gasteiger partial charge in [-0.25, -0.2) is 13.2 Å². The first-order chi connectivity index (χ1) is 7.52. The molecule has 3 N–H and O–H groups in total. The van der Waals surface area contributed by atoms with Gasteiger partial charge in [-0.05, 0) is 6.07 Å². The molecule has 6 heteroatoms. The maximum Gasteiger partial charge on any atom is 0.261 e.